The van der Waals surface area contributed by atoms with Gasteiger partial charge < -0.3 is 9.64 Å². The van der Waals surface area contributed by atoms with Crippen molar-refractivity contribution in [2.45, 2.75) is 12.5 Å². The van der Waals surface area contributed by atoms with Crippen molar-refractivity contribution >= 4 is 5.91 Å². The first-order valence-electron chi connectivity index (χ1n) is 5.83. The summed E-state index contributed by atoms with van der Waals surface area (Å²) in [4.78, 5) is 13.1. The van der Waals surface area contributed by atoms with Crippen LogP contribution in [0.15, 0.2) is 18.2 Å². The average molecular weight is 266 g/mol. The number of ether oxygens (including phenoxy) is 1. The number of hydrogen-bond acceptors (Lipinski definition) is 3. The van der Waals surface area contributed by atoms with Gasteiger partial charge in [-0.1, -0.05) is 6.07 Å². The summed E-state index contributed by atoms with van der Waals surface area (Å²) in [6.45, 7) is 0.951. The highest BCUT2D eigenvalue weighted by molar-refractivity contribution is 5.78. The van der Waals surface area contributed by atoms with E-state index in [2.05, 4.69) is 0 Å². The van der Waals surface area contributed by atoms with Gasteiger partial charge in [0, 0.05) is 6.54 Å². The number of nitriles is 1. The number of nitrogens with zero attached hydrogens (tertiary/aromatic N) is 2. The average Bonchev–Trinajstić information content (AvgIpc) is 2.42. The standard InChI is InChI=1S/C13H12F2N2O2/c14-10-2-1-9(7-11(10)15)12-8-17(5-6-19-12)13(18)3-4-16/h1-2,7,12H,3,5-6,8H2/t12-/m1/s1. The van der Waals surface area contributed by atoms with Crippen LogP contribution in [0.3, 0.4) is 0 Å². The van der Waals surface area contributed by atoms with E-state index in [1.807, 2.05) is 0 Å². The molecule has 1 atom stereocenters. The maximum atomic E-state index is 13.2. The van der Waals surface area contributed by atoms with Crippen molar-refractivity contribution in [2.24, 2.45) is 0 Å². The van der Waals surface area contributed by atoms with Crippen LogP contribution in [0.2, 0.25) is 0 Å². The van der Waals surface area contributed by atoms with Crippen LogP contribution >= 0.6 is 0 Å². The monoisotopic (exact) mass is 266 g/mol. The second-order valence-corrected chi connectivity index (χ2v) is 4.21. The Hall–Kier alpha value is -2.00. The van der Waals surface area contributed by atoms with Crippen molar-refractivity contribution < 1.29 is 18.3 Å². The smallest absolute Gasteiger partial charge is 0.236 e. The number of carbonyl (C=O) groups excluding carboxylic acids is 1. The van der Waals surface area contributed by atoms with Crippen molar-refractivity contribution in [3.8, 4) is 6.07 Å². The van der Waals surface area contributed by atoms with E-state index in [0.29, 0.717) is 18.7 Å². The minimum Gasteiger partial charge on any atom is -0.370 e. The molecular weight excluding hydrogens is 254 g/mol. The summed E-state index contributed by atoms with van der Waals surface area (Å²) < 4.78 is 31.5. The molecule has 1 aliphatic heterocycles. The molecule has 1 fully saturated rings. The Kier molecular flexibility index (Phi) is 4.07. The highest BCUT2D eigenvalue weighted by atomic mass is 19.2. The van der Waals surface area contributed by atoms with Crippen LogP contribution in [-0.2, 0) is 9.53 Å². The third-order valence-corrected chi connectivity index (χ3v) is 2.96. The summed E-state index contributed by atoms with van der Waals surface area (Å²) in [6, 6.07) is 5.33. The maximum absolute atomic E-state index is 13.2. The highest BCUT2D eigenvalue weighted by Crippen LogP contribution is 2.24. The van der Waals surface area contributed by atoms with E-state index in [1.54, 1.807) is 6.07 Å². The SMILES string of the molecule is N#CCC(=O)N1CCO[C@@H](c2ccc(F)c(F)c2)C1. The molecule has 0 aliphatic carbocycles. The van der Waals surface area contributed by atoms with Gasteiger partial charge in [0.25, 0.3) is 0 Å². The van der Waals surface area contributed by atoms with Crippen LogP contribution in [-0.4, -0.2) is 30.5 Å². The van der Waals surface area contributed by atoms with E-state index in [9.17, 15) is 13.6 Å². The number of amides is 1. The lowest BCUT2D eigenvalue weighted by Crippen LogP contribution is -2.42. The summed E-state index contributed by atoms with van der Waals surface area (Å²) in [5, 5.41) is 8.50. The molecule has 0 radical (unpaired) electrons. The van der Waals surface area contributed by atoms with Crippen LogP contribution in [0.1, 0.15) is 18.1 Å². The van der Waals surface area contributed by atoms with Gasteiger partial charge in [-0.15, -0.1) is 0 Å². The number of halogens is 2. The van der Waals surface area contributed by atoms with Gasteiger partial charge in [0.1, 0.15) is 12.5 Å². The fourth-order valence-corrected chi connectivity index (χ4v) is 1.97. The van der Waals surface area contributed by atoms with Crippen molar-refractivity contribution in [2.75, 3.05) is 19.7 Å². The minimum absolute atomic E-state index is 0.190. The Labute approximate surface area is 109 Å². The molecule has 0 unspecified atom stereocenters. The molecule has 1 heterocycles. The van der Waals surface area contributed by atoms with Crippen LogP contribution < -0.4 is 0 Å². The lowest BCUT2D eigenvalue weighted by Gasteiger charge is -2.32. The predicted molar refractivity (Wildman–Crippen MR) is 61.9 cm³/mol. The van der Waals surface area contributed by atoms with E-state index in [4.69, 9.17) is 10.00 Å². The molecule has 0 bridgehead atoms. The second kappa shape index (κ2) is 5.76. The summed E-state index contributed by atoms with van der Waals surface area (Å²) in [5.74, 6) is -2.14. The normalized spacial score (nSPS) is 19.0. The number of rotatable bonds is 2. The first-order chi connectivity index (χ1) is 9.11. The van der Waals surface area contributed by atoms with Crippen LogP contribution in [0.25, 0.3) is 0 Å². The minimum atomic E-state index is -0.943. The molecular formula is C13H12F2N2O2. The zero-order valence-electron chi connectivity index (χ0n) is 10.1. The Bertz CT molecular complexity index is 528. The number of benzene rings is 1. The van der Waals surface area contributed by atoms with Gasteiger partial charge >= 0.3 is 0 Å². The fourth-order valence-electron chi connectivity index (χ4n) is 1.97. The van der Waals surface area contributed by atoms with E-state index in [1.165, 1.54) is 11.0 Å². The van der Waals surface area contributed by atoms with Crippen molar-refractivity contribution in [1.29, 1.82) is 5.26 Å². The zero-order chi connectivity index (χ0) is 13.8. The largest absolute Gasteiger partial charge is 0.370 e. The van der Waals surface area contributed by atoms with Gasteiger partial charge in [0.15, 0.2) is 11.6 Å². The maximum Gasteiger partial charge on any atom is 0.236 e. The topological polar surface area (TPSA) is 53.3 Å². The van der Waals surface area contributed by atoms with E-state index < -0.39 is 17.7 Å². The molecule has 1 amide bonds. The predicted octanol–water partition coefficient (Wildman–Crippen LogP) is 1.78. The first kappa shape index (κ1) is 13.4. The number of carbonyl (C=O) groups is 1. The molecule has 4 nitrogen and oxygen atoms in total. The molecule has 0 N–H and O–H groups in total. The van der Waals surface area contributed by atoms with Gasteiger partial charge in [-0.25, -0.2) is 8.78 Å². The highest BCUT2D eigenvalue weighted by Gasteiger charge is 2.25. The molecule has 1 saturated heterocycles. The summed E-state index contributed by atoms with van der Waals surface area (Å²) >= 11 is 0. The summed E-state index contributed by atoms with van der Waals surface area (Å²) in [7, 11) is 0. The van der Waals surface area contributed by atoms with Gasteiger partial charge in [0.05, 0.1) is 19.2 Å². The van der Waals surface area contributed by atoms with Crippen LogP contribution in [0.5, 0.6) is 0 Å². The third-order valence-electron chi connectivity index (χ3n) is 2.96. The molecule has 0 aromatic heterocycles. The number of hydrogen-bond donors (Lipinski definition) is 0. The van der Waals surface area contributed by atoms with Crippen LogP contribution in [0.4, 0.5) is 8.78 Å². The number of morpholine rings is 1. The van der Waals surface area contributed by atoms with Crippen molar-refractivity contribution in [1.82, 2.24) is 4.90 Å². The van der Waals surface area contributed by atoms with Crippen molar-refractivity contribution in [3.63, 3.8) is 0 Å². The molecule has 19 heavy (non-hydrogen) atoms. The lowest BCUT2D eigenvalue weighted by atomic mass is 10.1. The molecule has 1 aromatic rings. The van der Waals surface area contributed by atoms with Crippen LogP contribution in [0, 0.1) is 23.0 Å². The Morgan fingerprint density at radius 3 is 2.95 bits per heavy atom. The molecule has 2 rings (SSSR count). The van der Waals surface area contributed by atoms with Gasteiger partial charge in [0.2, 0.25) is 5.91 Å². The molecule has 6 heteroatoms. The van der Waals surface area contributed by atoms with E-state index in [-0.39, 0.29) is 18.9 Å². The summed E-state index contributed by atoms with van der Waals surface area (Å²) in [5.41, 5.74) is 0.480. The van der Waals surface area contributed by atoms with E-state index >= 15 is 0 Å². The Morgan fingerprint density at radius 2 is 2.26 bits per heavy atom. The summed E-state index contributed by atoms with van der Waals surface area (Å²) in [6.07, 6.45) is -0.684. The zero-order valence-corrected chi connectivity index (χ0v) is 10.1. The third kappa shape index (κ3) is 3.06. The second-order valence-electron chi connectivity index (χ2n) is 4.21. The quantitative estimate of drug-likeness (QED) is 0.819. The van der Waals surface area contributed by atoms with Gasteiger partial charge in [-0.3, -0.25) is 4.79 Å². The fraction of sp³-hybridized carbons (Fsp3) is 0.385. The Balaban J connectivity index is 2.10. The van der Waals surface area contributed by atoms with Gasteiger partial charge in [-0.2, -0.15) is 5.26 Å². The molecule has 100 valence electrons. The molecule has 0 saturated carbocycles. The first-order valence-corrected chi connectivity index (χ1v) is 5.83. The molecule has 1 aliphatic rings. The molecule has 1 aromatic carbocycles. The molecule has 0 spiro atoms. The van der Waals surface area contributed by atoms with Gasteiger partial charge in [-0.05, 0) is 17.7 Å². The van der Waals surface area contributed by atoms with E-state index in [0.717, 1.165) is 12.1 Å². The lowest BCUT2D eigenvalue weighted by molar-refractivity contribution is -0.137. The Morgan fingerprint density at radius 1 is 1.47 bits per heavy atom. The van der Waals surface area contributed by atoms with Crippen molar-refractivity contribution in [3.05, 3.63) is 35.4 Å².